The Kier molecular flexibility index (Phi) is 4.91. The first-order valence-electron chi connectivity index (χ1n) is 5.93. The van der Waals surface area contributed by atoms with Crippen molar-refractivity contribution in [3.8, 4) is 0 Å². The summed E-state index contributed by atoms with van der Waals surface area (Å²) in [5, 5.41) is 1.73. The Hall–Kier alpha value is -1.25. The van der Waals surface area contributed by atoms with Crippen molar-refractivity contribution in [3.05, 3.63) is 28.8 Å². The van der Waals surface area contributed by atoms with E-state index in [4.69, 9.17) is 0 Å². The lowest BCUT2D eigenvalue weighted by Gasteiger charge is -2.31. The van der Waals surface area contributed by atoms with E-state index < -0.39 is 22.6 Å². The van der Waals surface area contributed by atoms with Crippen LogP contribution in [0, 0.1) is 20.8 Å². The number of rotatable bonds is 2. The predicted octanol–water partition coefficient (Wildman–Crippen LogP) is 4.81. The Labute approximate surface area is 131 Å². The number of hydrogen-bond acceptors (Lipinski definition) is 1. The summed E-state index contributed by atoms with van der Waals surface area (Å²) in [6.07, 6.45) is -11.7. The van der Waals surface area contributed by atoms with Crippen molar-refractivity contribution in [2.45, 2.75) is 37.4 Å². The summed E-state index contributed by atoms with van der Waals surface area (Å²) < 4.78 is 72.1. The zero-order valence-electron chi connectivity index (χ0n) is 11.7. The van der Waals surface area contributed by atoms with Gasteiger partial charge in [-0.05, 0) is 31.9 Å². The third-order valence-corrected chi connectivity index (χ3v) is 4.27. The first-order valence-corrected chi connectivity index (χ1v) is 6.72. The molecule has 0 unspecified atom stereocenters. The van der Waals surface area contributed by atoms with Crippen molar-refractivity contribution in [1.29, 1.82) is 0 Å². The number of halogens is 7. The highest BCUT2D eigenvalue weighted by Crippen LogP contribution is 2.50. The molecule has 1 N–H and O–H groups in total. The molecule has 0 bridgehead atoms. The molecular formula is C13H12BrF6NO. The maximum Gasteiger partial charge on any atom is 0.421 e. The number of aryl methyl sites for hydroxylation is 3. The molecule has 0 aliphatic rings. The van der Waals surface area contributed by atoms with Crippen LogP contribution in [0.15, 0.2) is 12.1 Å². The second kappa shape index (κ2) is 5.75. The van der Waals surface area contributed by atoms with Crippen LogP contribution in [0.3, 0.4) is 0 Å². The number of benzene rings is 1. The molecule has 0 heterocycles. The van der Waals surface area contributed by atoms with Crippen molar-refractivity contribution >= 4 is 27.5 Å². The summed E-state index contributed by atoms with van der Waals surface area (Å²) in [5.41, 5.74) is 1.42. The minimum atomic E-state index is -5.85. The molecule has 0 aliphatic heterocycles. The SMILES string of the molecule is Cc1cc(C)c(NC(=O)C(Br)(C(F)(F)F)C(F)(F)F)c(C)c1. The van der Waals surface area contributed by atoms with E-state index in [2.05, 4.69) is 0 Å². The summed E-state index contributed by atoms with van der Waals surface area (Å²) in [4.78, 5) is 11.7. The van der Waals surface area contributed by atoms with Gasteiger partial charge in [0.25, 0.3) is 10.2 Å². The van der Waals surface area contributed by atoms with Gasteiger partial charge in [-0.2, -0.15) is 26.3 Å². The topological polar surface area (TPSA) is 29.1 Å². The average Bonchev–Trinajstić information content (AvgIpc) is 2.29. The number of carbonyl (C=O) groups is 1. The van der Waals surface area contributed by atoms with E-state index in [0.717, 1.165) is 5.56 Å². The van der Waals surface area contributed by atoms with E-state index in [9.17, 15) is 31.1 Å². The van der Waals surface area contributed by atoms with Crippen LogP contribution in [-0.2, 0) is 4.79 Å². The number of alkyl halides is 7. The standard InChI is InChI=1S/C13H12BrF6NO/c1-6-4-7(2)9(8(3)5-6)21-10(22)11(14,12(15,16)17)13(18,19)20/h4-5H,1-3H3,(H,21,22). The summed E-state index contributed by atoms with van der Waals surface area (Å²) in [7, 11) is 0. The quantitative estimate of drug-likeness (QED) is 0.568. The molecular weight excluding hydrogens is 380 g/mol. The van der Waals surface area contributed by atoms with Gasteiger partial charge in [0, 0.05) is 5.69 Å². The van der Waals surface area contributed by atoms with Crippen molar-refractivity contribution in [2.75, 3.05) is 5.32 Å². The number of anilines is 1. The van der Waals surface area contributed by atoms with Gasteiger partial charge < -0.3 is 5.32 Å². The minimum absolute atomic E-state index is 0.0760. The predicted molar refractivity (Wildman–Crippen MR) is 73.1 cm³/mol. The van der Waals surface area contributed by atoms with Crippen LogP contribution in [-0.4, -0.2) is 22.6 Å². The summed E-state index contributed by atoms with van der Waals surface area (Å²) in [6, 6.07) is 3.08. The molecule has 124 valence electrons. The highest BCUT2D eigenvalue weighted by molar-refractivity contribution is 9.10. The molecule has 0 aromatic heterocycles. The normalized spacial score (nSPS) is 13.2. The van der Waals surface area contributed by atoms with Crippen LogP contribution in [0.2, 0.25) is 0 Å². The third kappa shape index (κ3) is 3.23. The van der Waals surface area contributed by atoms with Gasteiger partial charge in [0.1, 0.15) is 0 Å². The highest BCUT2D eigenvalue weighted by atomic mass is 79.9. The maximum absolute atomic E-state index is 12.8. The number of nitrogens with one attached hydrogen (secondary N) is 1. The molecule has 0 fully saturated rings. The second-order valence-electron chi connectivity index (χ2n) is 4.88. The van der Waals surface area contributed by atoms with E-state index in [-0.39, 0.29) is 5.69 Å². The summed E-state index contributed by atoms with van der Waals surface area (Å²) >= 11 is 1.55. The molecule has 1 aromatic carbocycles. The molecule has 0 saturated carbocycles. The van der Waals surface area contributed by atoms with Gasteiger partial charge in [0.05, 0.1) is 0 Å². The molecule has 0 atom stereocenters. The molecule has 2 nitrogen and oxygen atoms in total. The zero-order chi connectivity index (χ0) is 17.5. The van der Waals surface area contributed by atoms with Gasteiger partial charge in [-0.15, -0.1) is 0 Å². The molecule has 1 rings (SSSR count). The summed E-state index contributed by atoms with van der Waals surface area (Å²) in [6.45, 7) is 4.67. The van der Waals surface area contributed by atoms with Crippen molar-refractivity contribution in [2.24, 2.45) is 0 Å². The molecule has 0 radical (unpaired) electrons. The highest BCUT2D eigenvalue weighted by Gasteiger charge is 2.74. The fraction of sp³-hybridized carbons (Fsp3) is 0.462. The van der Waals surface area contributed by atoms with E-state index in [1.165, 1.54) is 13.8 Å². The van der Waals surface area contributed by atoms with Crippen molar-refractivity contribution < 1.29 is 31.1 Å². The molecule has 1 aromatic rings. The number of carbonyl (C=O) groups excluding carboxylic acids is 1. The van der Waals surface area contributed by atoms with Gasteiger partial charge >= 0.3 is 12.4 Å². The fourth-order valence-corrected chi connectivity index (χ4v) is 2.09. The van der Waals surface area contributed by atoms with Gasteiger partial charge in [-0.3, -0.25) is 4.79 Å². The number of amides is 1. The Morgan fingerprint density at radius 3 is 1.64 bits per heavy atom. The van der Waals surface area contributed by atoms with Crippen LogP contribution in [0.4, 0.5) is 32.0 Å². The van der Waals surface area contributed by atoms with Crippen LogP contribution < -0.4 is 5.32 Å². The Balaban J connectivity index is 3.31. The van der Waals surface area contributed by atoms with E-state index in [1.807, 2.05) is 0 Å². The van der Waals surface area contributed by atoms with Gasteiger partial charge in [0.15, 0.2) is 0 Å². The second-order valence-corrected chi connectivity index (χ2v) is 6.07. The molecule has 22 heavy (non-hydrogen) atoms. The van der Waals surface area contributed by atoms with E-state index in [1.54, 1.807) is 40.3 Å². The van der Waals surface area contributed by atoms with Gasteiger partial charge in [-0.25, -0.2) is 0 Å². The lowest BCUT2D eigenvalue weighted by atomic mass is 10.0. The molecule has 0 spiro atoms. The Morgan fingerprint density at radius 1 is 0.955 bits per heavy atom. The molecule has 0 saturated heterocycles. The largest absolute Gasteiger partial charge is 0.421 e. The van der Waals surface area contributed by atoms with Crippen molar-refractivity contribution in [3.63, 3.8) is 0 Å². The maximum atomic E-state index is 12.8. The summed E-state index contributed by atoms with van der Waals surface area (Å²) in [5.74, 6) is -2.23. The van der Waals surface area contributed by atoms with E-state index >= 15 is 0 Å². The van der Waals surface area contributed by atoms with Crippen LogP contribution in [0.5, 0.6) is 0 Å². The first-order chi connectivity index (χ1) is 9.71. The average molecular weight is 392 g/mol. The van der Waals surface area contributed by atoms with Crippen molar-refractivity contribution in [1.82, 2.24) is 0 Å². The van der Waals surface area contributed by atoms with Crippen LogP contribution in [0.25, 0.3) is 0 Å². The zero-order valence-corrected chi connectivity index (χ0v) is 13.3. The van der Waals surface area contributed by atoms with E-state index in [0.29, 0.717) is 11.1 Å². The molecule has 9 heteroatoms. The lowest BCUT2D eigenvalue weighted by Crippen LogP contribution is -2.59. The van der Waals surface area contributed by atoms with Gasteiger partial charge in [0.2, 0.25) is 0 Å². The Bertz CT molecular complexity index is 556. The monoisotopic (exact) mass is 391 g/mol. The van der Waals surface area contributed by atoms with Crippen LogP contribution in [0.1, 0.15) is 16.7 Å². The van der Waals surface area contributed by atoms with Crippen LogP contribution >= 0.6 is 15.9 Å². The Morgan fingerprint density at radius 2 is 1.32 bits per heavy atom. The minimum Gasteiger partial charge on any atom is -0.324 e. The first kappa shape index (κ1) is 18.8. The lowest BCUT2D eigenvalue weighted by molar-refractivity contribution is -0.253. The smallest absolute Gasteiger partial charge is 0.324 e. The fourth-order valence-electron chi connectivity index (χ4n) is 2.00. The molecule has 1 amide bonds. The molecule has 0 aliphatic carbocycles. The third-order valence-electron chi connectivity index (χ3n) is 3.01. The van der Waals surface area contributed by atoms with Gasteiger partial charge in [-0.1, -0.05) is 33.6 Å². The number of hydrogen-bond donors (Lipinski definition) is 1.